The fraction of sp³-hybridized carbons (Fsp3) is 0.465. The highest BCUT2D eigenvalue weighted by Gasteiger charge is 2.37. The SMILES string of the molecule is CC(C)c1ccc(N)nc1C(F)(F)F.CC(C)c1cnc(N)nc1C(F)(F)F.CNC(=O)Nc1ncc(C(C)C)cn1.Cc1nc(N)ccc1C(C)C.Cc1nc(N)ncc1C(C)C. The van der Waals surface area contributed by atoms with E-state index in [1.807, 2.05) is 26.0 Å². The van der Waals surface area contributed by atoms with Crippen LogP contribution in [0.5, 0.6) is 0 Å². The van der Waals surface area contributed by atoms with Crippen LogP contribution in [0.1, 0.15) is 149 Å². The maximum absolute atomic E-state index is 12.5. The lowest BCUT2D eigenvalue weighted by atomic mass is 10.0. The van der Waals surface area contributed by atoms with Crippen molar-refractivity contribution in [2.75, 3.05) is 35.3 Å². The van der Waals surface area contributed by atoms with Gasteiger partial charge in [0.25, 0.3) is 0 Å². The lowest BCUT2D eigenvalue weighted by Gasteiger charge is -2.14. The summed E-state index contributed by atoms with van der Waals surface area (Å²) in [7, 11) is 1.54. The number of alkyl halides is 6. The molecule has 5 rings (SSSR count). The first-order chi connectivity index (χ1) is 29.5. The number of nitrogens with one attached hydrogen (secondary N) is 2. The number of pyridine rings is 2. The average Bonchev–Trinajstić information content (AvgIpc) is 3.18. The van der Waals surface area contributed by atoms with Crippen molar-refractivity contribution in [2.45, 2.75) is 125 Å². The molecule has 0 aliphatic carbocycles. The number of urea groups is 1. The zero-order chi connectivity index (χ0) is 49.3. The van der Waals surface area contributed by atoms with Gasteiger partial charge in [0, 0.05) is 48.8 Å². The molecule has 21 heteroatoms. The van der Waals surface area contributed by atoms with E-state index in [-0.39, 0.29) is 40.8 Å². The minimum atomic E-state index is -4.48. The maximum Gasteiger partial charge on any atom is 0.433 e. The van der Waals surface area contributed by atoms with E-state index in [4.69, 9.17) is 22.9 Å². The number of amides is 2. The fourth-order valence-electron chi connectivity index (χ4n) is 5.36. The van der Waals surface area contributed by atoms with Gasteiger partial charge in [-0.25, -0.2) is 44.7 Å². The zero-order valence-electron chi connectivity index (χ0n) is 38.6. The predicted molar refractivity (Wildman–Crippen MR) is 240 cm³/mol. The van der Waals surface area contributed by atoms with Gasteiger partial charge in [0.05, 0.1) is 0 Å². The van der Waals surface area contributed by atoms with E-state index in [1.165, 1.54) is 30.3 Å². The number of nitrogen functional groups attached to an aromatic ring is 4. The zero-order valence-corrected chi connectivity index (χ0v) is 38.6. The first kappa shape index (κ1) is 55.6. The number of nitrogens with zero attached hydrogens (tertiary/aromatic N) is 8. The molecular formula is C43H62F6N14O. The van der Waals surface area contributed by atoms with E-state index < -0.39 is 23.7 Å². The molecule has 0 aliphatic rings. The fourth-order valence-corrected chi connectivity index (χ4v) is 5.36. The quantitative estimate of drug-likeness (QED) is 0.0869. The normalized spacial score (nSPS) is 11.1. The Labute approximate surface area is 371 Å². The minimum Gasteiger partial charge on any atom is -0.384 e. The van der Waals surface area contributed by atoms with Crippen molar-refractivity contribution < 1.29 is 31.1 Å². The van der Waals surface area contributed by atoms with Crippen molar-refractivity contribution in [3.63, 3.8) is 0 Å². The summed E-state index contributed by atoms with van der Waals surface area (Å²) in [6.07, 6.45) is -2.57. The molecule has 64 heavy (non-hydrogen) atoms. The topological polar surface area (TPSA) is 248 Å². The third kappa shape index (κ3) is 18.9. The summed E-state index contributed by atoms with van der Waals surface area (Å²) in [4.78, 5) is 41.1. The highest BCUT2D eigenvalue weighted by molar-refractivity contribution is 5.86. The molecule has 10 N–H and O–H groups in total. The van der Waals surface area contributed by atoms with Crippen molar-refractivity contribution >= 4 is 35.5 Å². The molecule has 15 nitrogen and oxygen atoms in total. The van der Waals surface area contributed by atoms with Gasteiger partial charge in [0.2, 0.25) is 17.8 Å². The number of aromatic nitrogens is 8. The van der Waals surface area contributed by atoms with Crippen molar-refractivity contribution in [3.8, 4) is 0 Å². The molecule has 352 valence electrons. The molecule has 0 unspecified atom stereocenters. The van der Waals surface area contributed by atoms with E-state index in [9.17, 15) is 31.1 Å². The molecule has 0 radical (unpaired) electrons. The summed E-state index contributed by atoms with van der Waals surface area (Å²) in [5.41, 5.74) is 25.2. The number of hydrogen-bond acceptors (Lipinski definition) is 13. The van der Waals surface area contributed by atoms with E-state index in [0.717, 1.165) is 23.1 Å². The predicted octanol–water partition coefficient (Wildman–Crippen LogP) is 9.94. The van der Waals surface area contributed by atoms with Gasteiger partial charge in [-0.2, -0.15) is 26.3 Å². The van der Waals surface area contributed by atoms with Crippen molar-refractivity contribution in [1.82, 2.24) is 45.2 Å². The summed E-state index contributed by atoms with van der Waals surface area (Å²) in [6.45, 7) is 23.2. The highest BCUT2D eigenvalue weighted by Crippen LogP contribution is 2.35. The highest BCUT2D eigenvalue weighted by atomic mass is 19.4. The van der Waals surface area contributed by atoms with Crippen LogP contribution in [0.25, 0.3) is 0 Å². The number of carbonyl (C=O) groups is 1. The molecule has 2 amide bonds. The number of rotatable bonds is 6. The summed E-state index contributed by atoms with van der Waals surface area (Å²) in [5.74, 6) is 1.69. The first-order valence-corrected chi connectivity index (χ1v) is 20.2. The second kappa shape index (κ2) is 25.0. The van der Waals surface area contributed by atoms with Gasteiger partial charge >= 0.3 is 18.4 Å². The van der Waals surface area contributed by atoms with Gasteiger partial charge in [0.15, 0.2) is 5.69 Å². The van der Waals surface area contributed by atoms with Crippen LogP contribution in [0.2, 0.25) is 0 Å². The van der Waals surface area contributed by atoms with E-state index in [0.29, 0.717) is 35.5 Å². The summed E-state index contributed by atoms with van der Waals surface area (Å²) in [6, 6.07) is 6.33. The van der Waals surface area contributed by atoms with Gasteiger partial charge in [-0.3, -0.25) is 5.32 Å². The van der Waals surface area contributed by atoms with Crippen LogP contribution in [0.15, 0.2) is 49.1 Å². The molecule has 0 bridgehead atoms. The molecule has 0 saturated carbocycles. The lowest BCUT2D eigenvalue weighted by molar-refractivity contribution is -0.142. The number of aryl methyl sites for hydroxylation is 2. The van der Waals surface area contributed by atoms with Gasteiger partial charge < -0.3 is 28.3 Å². The third-order valence-corrected chi connectivity index (χ3v) is 8.78. The Morgan fingerprint density at radius 2 is 0.922 bits per heavy atom. The van der Waals surface area contributed by atoms with Crippen LogP contribution >= 0.6 is 0 Å². The Morgan fingerprint density at radius 3 is 1.33 bits per heavy atom. The molecular weight excluding hydrogens is 843 g/mol. The van der Waals surface area contributed by atoms with Crippen LogP contribution < -0.4 is 33.6 Å². The number of nitrogens with two attached hydrogens (primary N) is 4. The Balaban J connectivity index is 0.000000402. The monoisotopic (exact) mass is 905 g/mol. The van der Waals surface area contributed by atoms with Crippen LogP contribution in [0, 0.1) is 13.8 Å². The molecule has 0 saturated heterocycles. The molecule has 0 atom stereocenters. The Kier molecular flexibility index (Phi) is 21.7. The number of carbonyl (C=O) groups excluding carboxylic acids is 1. The molecule has 5 heterocycles. The Hall–Kier alpha value is -6.41. The largest absolute Gasteiger partial charge is 0.433 e. The molecule has 0 aromatic carbocycles. The van der Waals surface area contributed by atoms with Crippen LogP contribution in [0.3, 0.4) is 0 Å². The van der Waals surface area contributed by atoms with Crippen LogP contribution in [-0.4, -0.2) is 53.0 Å². The first-order valence-electron chi connectivity index (χ1n) is 20.2. The van der Waals surface area contributed by atoms with Crippen LogP contribution in [0.4, 0.5) is 60.6 Å². The molecule has 0 spiro atoms. The number of halogens is 6. The van der Waals surface area contributed by atoms with Crippen molar-refractivity contribution in [2.24, 2.45) is 0 Å². The van der Waals surface area contributed by atoms with Gasteiger partial charge in [-0.05, 0) is 77.8 Å². The summed E-state index contributed by atoms with van der Waals surface area (Å²) >= 11 is 0. The molecule has 0 fully saturated rings. The van der Waals surface area contributed by atoms with E-state index in [2.05, 4.69) is 92.0 Å². The van der Waals surface area contributed by atoms with Gasteiger partial charge in [-0.1, -0.05) is 81.4 Å². The van der Waals surface area contributed by atoms with Crippen molar-refractivity contribution in [3.05, 3.63) is 99.6 Å². The second-order valence-electron chi connectivity index (χ2n) is 15.7. The lowest BCUT2D eigenvalue weighted by Crippen LogP contribution is -2.25. The average molecular weight is 905 g/mol. The minimum absolute atomic E-state index is 0.0618. The number of anilines is 5. The van der Waals surface area contributed by atoms with E-state index in [1.54, 1.807) is 46.3 Å². The smallest absolute Gasteiger partial charge is 0.384 e. The van der Waals surface area contributed by atoms with Gasteiger partial charge in [0.1, 0.15) is 17.3 Å². The Morgan fingerprint density at radius 1 is 0.516 bits per heavy atom. The third-order valence-electron chi connectivity index (χ3n) is 8.78. The molecule has 5 aromatic heterocycles. The van der Waals surface area contributed by atoms with Crippen LogP contribution in [-0.2, 0) is 12.4 Å². The molecule has 5 aromatic rings. The summed E-state index contributed by atoms with van der Waals surface area (Å²) in [5, 5.41) is 4.91. The number of hydrogen-bond donors (Lipinski definition) is 6. The summed E-state index contributed by atoms with van der Waals surface area (Å²) < 4.78 is 74.7. The molecule has 0 aliphatic heterocycles. The van der Waals surface area contributed by atoms with Gasteiger partial charge in [-0.15, -0.1) is 0 Å². The van der Waals surface area contributed by atoms with E-state index >= 15 is 0 Å². The standard InChI is InChI=1S/C9H11F3N2.C9H14N4O.C9H14N2.C8H10F3N3.C8H13N3/c1-5(2)6-3-4-7(13)14-8(6)9(10,11)12;1-6(2)7-4-11-8(12-5-7)13-9(14)10-3;1-6(2)8-4-5-9(10)11-7(8)3;1-4(2)5-3-13-7(12)14-6(5)8(9,10)11;1-5(2)7-4-10-8(9)11-6(7)3/h3-5H,1-2H3,(H2,13,14);4-6H,1-3H3,(H2,10,11,12,13,14);4-6H,1-3H3,(H2,10,11);3-4H,1-2H3,(H2,12,13,14);4-5H,1-3H3,(H2,9,10,11). The second-order valence-corrected chi connectivity index (χ2v) is 15.7. The van der Waals surface area contributed by atoms with Crippen molar-refractivity contribution in [1.29, 1.82) is 0 Å². The maximum atomic E-state index is 12.5. The Bertz CT molecular complexity index is 2090.